The lowest BCUT2D eigenvalue weighted by Crippen LogP contribution is -2.43. The summed E-state index contributed by atoms with van der Waals surface area (Å²) in [6, 6.07) is 0.211. The average molecular weight is 397 g/mol. The van der Waals surface area contributed by atoms with Crippen LogP contribution in [0.5, 0.6) is 0 Å². The van der Waals surface area contributed by atoms with Gasteiger partial charge in [-0.2, -0.15) is 0 Å². The van der Waals surface area contributed by atoms with Crippen LogP contribution in [0.15, 0.2) is 5.38 Å². The Hall–Kier alpha value is -0.890. The van der Waals surface area contributed by atoms with Crippen molar-refractivity contribution in [3.8, 4) is 0 Å². The van der Waals surface area contributed by atoms with E-state index in [4.69, 9.17) is 5.73 Å². The van der Waals surface area contributed by atoms with Crippen LogP contribution in [0, 0.1) is 5.41 Å². The van der Waals surface area contributed by atoms with Crippen LogP contribution in [-0.2, 0) is 16.0 Å². The van der Waals surface area contributed by atoms with E-state index in [1.165, 1.54) is 11.3 Å². The number of aromatic nitrogens is 1. The highest BCUT2D eigenvalue weighted by atomic mass is 35.5. The van der Waals surface area contributed by atoms with Crippen molar-refractivity contribution in [2.24, 2.45) is 11.1 Å². The summed E-state index contributed by atoms with van der Waals surface area (Å²) in [6.07, 6.45) is 1.99. The molecule has 0 spiro atoms. The molecule has 0 radical (unpaired) electrons. The number of halogens is 2. The number of carbonyl (C=O) groups excluding carboxylic acids is 2. The van der Waals surface area contributed by atoms with Crippen LogP contribution in [0.2, 0.25) is 0 Å². The van der Waals surface area contributed by atoms with Gasteiger partial charge in [-0.15, -0.1) is 36.2 Å². The van der Waals surface area contributed by atoms with Crippen molar-refractivity contribution in [3.63, 3.8) is 0 Å². The Labute approximate surface area is 159 Å². The van der Waals surface area contributed by atoms with Crippen LogP contribution in [0.4, 0.5) is 5.13 Å². The van der Waals surface area contributed by atoms with E-state index in [9.17, 15) is 9.59 Å². The van der Waals surface area contributed by atoms with E-state index in [-0.39, 0.29) is 49.1 Å². The molecule has 0 bridgehead atoms. The molecule has 6 nitrogen and oxygen atoms in total. The number of nitrogens with zero attached hydrogens (tertiary/aromatic N) is 2. The number of hydrogen-bond donors (Lipinski definition) is 2. The molecule has 0 saturated carbocycles. The second kappa shape index (κ2) is 9.56. The van der Waals surface area contributed by atoms with Crippen LogP contribution in [0.1, 0.15) is 39.3 Å². The zero-order valence-corrected chi connectivity index (χ0v) is 16.7. The van der Waals surface area contributed by atoms with Crippen molar-refractivity contribution in [1.29, 1.82) is 0 Å². The molecule has 1 aromatic rings. The Bertz CT molecular complexity index is 552. The second-order valence-corrected chi connectivity index (χ2v) is 7.60. The predicted molar refractivity (Wildman–Crippen MR) is 102 cm³/mol. The number of rotatable bonds is 3. The number of nitrogens with two attached hydrogens (primary N) is 1. The molecule has 0 aromatic carbocycles. The summed E-state index contributed by atoms with van der Waals surface area (Å²) in [5.74, 6) is -0.00403. The Morgan fingerprint density at radius 1 is 1.33 bits per heavy atom. The van der Waals surface area contributed by atoms with Gasteiger partial charge in [0.25, 0.3) is 0 Å². The topological polar surface area (TPSA) is 88.3 Å². The fourth-order valence-corrected chi connectivity index (χ4v) is 2.85. The summed E-state index contributed by atoms with van der Waals surface area (Å²) in [5, 5.41) is 5.16. The molecule has 1 aliphatic rings. The van der Waals surface area contributed by atoms with E-state index in [2.05, 4.69) is 10.3 Å². The third-order valence-electron chi connectivity index (χ3n) is 3.68. The van der Waals surface area contributed by atoms with Crippen LogP contribution in [-0.4, -0.2) is 40.8 Å². The van der Waals surface area contributed by atoms with Gasteiger partial charge in [0.1, 0.15) is 0 Å². The smallest absolute Gasteiger partial charge is 0.231 e. The fraction of sp³-hybridized carbons (Fsp3) is 0.667. The molecular formula is C15H26Cl2N4O2S. The van der Waals surface area contributed by atoms with Crippen molar-refractivity contribution in [2.75, 3.05) is 18.4 Å². The summed E-state index contributed by atoms with van der Waals surface area (Å²) in [6.45, 7) is 6.99. The first kappa shape index (κ1) is 23.1. The summed E-state index contributed by atoms with van der Waals surface area (Å²) in [5.41, 5.74) is 6.08. The summed E-state index contributed by atoms with van der Waals surface area (Å²) in [4.78, 5) is 30.3. The number of hydrogen-bond acceptors (Lipinski definition) is 5. The molecule has 2 heterocycles. The Morgan fingerprint density at radius 2 is 1.92 bits per heavy atom. The summed E-state index contributed by atoms with van der Waals surface area (Å²) < 4.78 is 0. The third kappa shape index (κ3) is 6.55. The first-order valence-corrected chi connectivity index (χ1v) is 8.43. The van der Waals surface area contributed by atoms with Gasteiger partial charge in [0.15, 0.2) is 5.13 Å². The average Bonchev–Trinajstić information content (AvgIpc) is 2.85. The largest absolute Gasteiger partial charge is 0.342 e. The van der Waals surface area contributed by atoms with E-state index in [1.54, 1.807) is 0 Å². The van der Waals surface area contributed by atoms with Gasteiger partial charge in [-0.05, 0) is 12.8 Å². The Balaban J connectivity index is 0.00000264. The van der Waals surface area contributed by atoms with Crippen molar-refractivity contribution in [2.45, 2.75) is 46.1 Å². The lowest BCUT2D eigenvalue weighted by atomic mass is 9.96. The Morgan fingerprint density at radius 3 is 2.46 bits per heavy atom. The lowest BCUT2D eigenvalue weighted by Gasteiger charge is -2.30. The molecule has 138 valence electrons. The van der Waals surface area contributed by atoms with Crippen LogP contribution < -0.4 is 11.1 Å². The molecule has 3 N–H and O–H groups in total. The van der Waals surface area contributed by atoms with Crippen LogP contribution in [0.25, 0.3) is 0 Å². The van der Waals surface area contributed by atoms with Crippen LogP contribution >= 0.6 is 36.2 Å². The first-order chi connectivity index (χ1) is 10.3. The van der Waals surface area contributed by atoms with Gasteiger partial charge in [-0.1, -0.05) is 20.8 Å². The van der Waals surface area contributed by atoms with Crippen molar-refractivity contribution < 1.29 is 9.59 Å². The monoisotopic (exact) mass is 396 g/mol. The van der Waals surface area contributed by atoms with Crippen molar-refractivity contribution in [1.82, 2.24) is 9.88 Å². The van der Waals surface area contributed by atoms with Gasteiger partial charge in [0.05, 0.1) is 12.1 Å². The molecule has 24 heavy (non-hydrogen) atoms. The molecule has 2 amide bonds. The minimum absolute atomic E-state index is 0. The molecule has 0 unspecified atom stereocenters. The molecule has 1 fully saturated rings. The van der Waals surface area contributed by atoms with E-state index < -0.39 is 5.41 Å². The molecule has 1 aromatic heterocycles. The summed E-state index contributed by atoms with van der Waals surface area (Å²) in [7, 11) is 0. The second-order valence-electron chi connectivity index (χ2n) is 6.74. The number of likely N-dealkylation sites (tertiary alicyclic amines) is 1. The highest BCUT2D eigenvalue weighted by Crippen LogP contribution is 2.21. The maximum absolute atomic E-state index is 12.2. The number of amides is 2. The van der Waals surface area contributed by atoms with Gasteiger partial charge in [-0.25, -0.2) is 4.98 Å². The maximum Gasteiger partial charge on any atom is 0.231 e. The van der Waals surface area contributed by atoms with Gasteiger partial charge in [-0.3, -0.25) is 9.59 Å². The van der Waals surface area contributed by atoms with E-state index in [1.807, 2.05) is 31.1 Å². The van der Waals surface area contributed by atoms with E-state index in [0.717, 1.165) is 25.9 Å². The van der Waals surface area contributed by atoms with Gasteiger partial charge >= 0.3 is 0 Å². The molecular weight excluding hydrogens is 371 g/mol. The Kier molecular flexibility index (Phi) is 9.20. The van der Waals surface area contributed by atoms with Gasteiger partial charge in [0, 0.05) is 29.9 Å². The zero-order valence-electron chi connectivity index (χ0n) is 14.2. The third-order valence-corrected chi connectivity index (χ3v) is 4.48. The minimum atomic E-state index is -0.464. The normalized spacial score (nSPS) is 15.2. The predicted octanol–water partition coefficient (Wildman–Crippen LogP) is 2.46. The number of thiazole rings is 1. The highest BCUT2D eigenvalue weighted by molar-refractivity contribution is 7.13. The number of piperidine rings is 1. The quantitative estimate of drug-likeness (QED) is 0.820. The molecule has 0 aliphatic carbocycles. The van der Waals surface area contributed by atoms with Crippen molar-refractivity contribution in [3.05, 3.63) is 11.1 Å². The fourth-order valence-electron chi connectivity index (χ4n) is 2.15. The SMILES string of the molecule is CC(C)(C)C(=O)Nc1nc(CC(=O)N2CCC(N)CC2)cs1.Cl.Cl. The van der Waals surface area contributed by atoms with E-state index >= 15 is 0 Å². The lowest BCUT2D eigenvalue weighted by molar-refractivity contribution is -0.131. The van der Waals surface area contributed by atoms with Crippen LogP contribution in [0.3, 0.4) is 0 Å². The molecule has 0 atom stereocenters. The van der Waals surface area contributed by atoms with Crippen molar-refractivity contribution >= 4 is 53.1 Å². The molecule has 1 aliphatic heterocycles. The molecule has 9 heteroatoms. The summed E-state index contributed by atoms with van der Waals surface area (Å²) >= 11 is 1.35. The zero-order chi connectivity index (χ0) is 16.3. The van der Waals surface area contributed by atoms with Gasteiger partial charge in [0.2, 0.25) is 11.8 Å². The van der Waals surface area contributed by atoms with E-state index in [0.29, 0.717) is 10.8 Å². The minimum Gasteiger partial charge on any atom is -0.342 e. The number of anilines is 1. The number of nitrogens with one attached hydrogen (secondary N) is 1. The number of carbonyl (C=O) groups is 2. The highest BCUT2D eigenvalue weighted by Gasteiger charge is 2.23. The first-order valence-electron chi connectivity index (χ1n) is 7.55. The molecule has 2 rings (SSSR count). The standard InChI is InChI=1S/C15H24N4O2S.2ClH/c1-15(2,3)13(21)18-14-17-11(9-22-14)8-12(20)19-6-4-10(16)5-7-19;;/h9-10H,4-8,16H2,1-3H3,(H,17,18,21);2*1H. The van der Waals surface area contributed by atoms with Gasteiger partial charge < -0.3 is 16.0 Å². The molecule has 1 saturated heterocycles. The maximum atomic E-state index is 12.2.